The van der Waals surface area contributed by atoms with Crippen LogP contribution < -0.4 is 0 Å². The van der Waals surface area contributed by atoms with Crippen LogP contribution in [0.1, 0.15) is 59.7 Å². The van der Waals surface area contributed by atoms with E-state index in [1.807, 2.05) is 16.3 Å². The molecule has 0 saturated carbocycles. The lowest BCUT2D eigenvalue weighted by Crippen LogP contribution is -2.38. The van der Waals surface area contributed by atoms with Crippen LogP contribution in [0.5, 0.6) is 0 Å². The molecule has 0 spiro atoms. The summed E-state index contributed by atoms with van der Waals surface area (Å²) in [5.74, 6) is -0.281. The fourth-order valence-electron chi connectivity index (χ4n) is 3.12. The number of halogens is 1. The third-order valence-corrected chi connectivity index (χ3v) is 5.14. The lowest BCUT2D eigenvalue weighted by atomic mass is 9.95. The maximum absolute atomic E-state index is 13.5. The SMILES string of the molecule is CCCc1nc(C(=O)N2CCCC[C@@H]2c2cccc(F)c2)cs1. The van der Waals surface area contributed by atoms with Crippen LogP contribution >= 0.6 is 11.3 Å². The van der Waals surface area contributed by atoms with E-state index in [4.69, 9.17) is 0 Å². The smallest absolute Gasteiger partial charge is 0.273 e. The number of thiazole rings is 1. The Labute approximate surface area is 140 Å². The van der Waals surface area contributed by atoms with Crippen molar-refractivity contribution in [2.24, 2.45) is 0 Å². The van der Waals surface area contributed by atoms with Crippen LogP contribution in [0.4, 0.5) is 4.39 Å². The van der Waals surface area contributed by atoms with Crippen LogP contribution in [-0.2, 0) is 6.42 Å². The monoisotopic (exact) mass is 332 g/mol. The zero-order valence-electron chi connectivity index (χ0n) is 13.3. The summed E-state index contributed by atoms with van der Waals surface area (Å²) in [5, 5.41) is 2.86. The van der Waals surface area contributed by atoms with Crippen molar-refractivity contribution in [3.63, 3.8) is 0 Å². The van der Waals surface area contributed by atoms with Gasteiger partial charge in [0.25, 0.3) is 5.91 Å². The third kappa shape index (κ3) is 3.61. The average molecular weight is 332 g/mol. The molecule has 1 amide bonds. The summed E-state index contributed by atoms with van der Waals surface area (Å²) in [6.07, 6.45) is 4.86. The van der Waals surface area contributed by atoms with E-state index in [2.05, 4.69) is 11.9 Å². The number of piperidine rings is 1. The van der Waals surface area contributed by atoms with Gasteiger partial charge in [0.1, 0.15) is 11.5 Å². The predicted octanol–water partition coefficient (Wildman–Crippen LogP) is 4.60. The number of rotatable bonds is 4. The van der Waals surface area contributed by atoms with Crippen LogP contribution in [0, 0.1) is 5.82 Å². The number of aryl methyl sites for hydroxylation is 1. The molecule has 0 radical (unpaired) electrons. The number of amides is 1. The van der Waals surface area contributed by atoms with Crippen molar-refractivity contribution in [2.45, 2.75) is 45.1 Å². The van der Waals surface area contributed by atoms with Crippen LogP contribution in [0.25, 0.3) is 0 Å². The van der Waals surface area contributed by atoms with E-state index in [0.29, 0.717) is 12.2 Å². The molecule has 1 atom stereocenters. The van der Waals surface area contributed by atoms with Gasteiger partial charge in [-0.3, -0.25) is 4.79 Å². The first-order valence-corrected chi connectivity index (χ1v) is 9.08. The molecule has 1 aromatic carbocycles. The first-order valence-electron chi connectivity index (χ1n) is 8.20. The highest BCUT2D eigenvalue weighted by molar-refractivity contribution is 7.09. The van der Waals surface area contributed by atoms with Gasteiger partial charge in [-0.1, -0.05) is 19.1 Å². The van der Waals surface area contributed by atoms with Gasteiger partial charge in [0, 0.05) is 11.9 Å². The van der Waals surface area contributed by atoms with Gasteiger partial charge in [0.2, 0.25) is 0 Å². The molecule has 5 heteroatoms. The summed E-state index contributed by atoms with van der Waals surface area (Å²) in [5.41, 5.74) is 1.41. The molecule has 0 bridgehead atoms. The summed E-state index contributed by atoms with van der Waals surface area (Å²) < 4.78 is 13.5. The molecule has 0 aliphatic carbocycles. The van der Waals surface area contributed by atoms with Crippen molar-refractivity contribution in [3.05, 3.63) is 51.7 Å². The van der Waals surface area contributed by atoms with Gasteiger partial charge in [-0.25, -0.2) is 9.37 Å². The standard InChI is InChI=1S/C18H21FN2OS/c1-2-6-17-20-15(12-23-17)18(22)21-10-4-3-9-16(21)13-7-5-8-14(19)11-13/h5,7-8,11-12,16H,2-4,6,9-10H2,1H3/t16-/m1/s1. The number of carbonyl (C=O) groups excluding carboxylic acids is 1. The molecule has 1 fully saturated rings. The molecule has 3 nitrogen and oxygen atoms in total. The van der Waals surface area contributed by atoms with Gasteiger partial charge < -0.3 is 4.90 Å². The molecule has 2 heterocycles. The highest BCUT2D eigenvalue weighted by atomic mass is 32.1. The first kappa shape index (κ1) is 16.1. The Morgan fingerprint density at radius 3 is 3.09 bits per heavy atom. The summed E-state index contributed by atoms with van der Waals surface area (Å²) in [6.45, 7) is 2.81. The number of hydrogen-bond acceptors (Lipinski definition) is 3. The second kappa shape index (κ2) is 7.21. The van der Waals surface area contributed by atoms with Gasteiger partial charge in [0.05, 0.1) is 11.0 Å². The minimum Gasteiger partial charge on any atom is -0.330 e. The van der Waals surface area contributed by atoms with E-state index in [9.17, 15) is 9.18 Å². The van der Waals surface area contributed by atoms with E-state index in [1.165, 1.54) is 6.07 Å². The highest BCUT2D eigenvalue weighted by Crippen LogP contribution is 2.32. The van der Waals surface area contributed by atoms with Gasteiger partial charge in [-0.05, 0) is 49.8 Å². The quantitative estimate of drug-likeness (QED) is 0.819. The fourth-order valence-corrected chi connectivity index (χ4v) is 3.99. The Hall–Kier alpha value is -1.75. The Morgan fingerprint density at radius 2 is 2.30 bits per heavy atom. The van der Waals surface area contributed by atoms with E-state index >= 15 is 0 Å². The van der Waals surface area contributed by atoms with Gasteiger partial charge >= 0.3 is 0 Å². The van der Waals surface area contributed by atoms with Crippen molar-refractivity contribution in [2.75, 3.05) is 6.54 Å². The molecule has 1 aromatic heterocycles. The van der Waals surface area contributed by atoms with Crippen LogP contribution in [0.2, 0.25) is 0 Å². The molecule has 0 N–H and O–H groups in total. The van der Waals surface area contributed by atoms with E-state index in [1.54, 1.807) is 23.5 Å². The number of benzene rings is 1. The molecule has 23 heavy (non-hydrogen) atoms. The van der Waals surface area contributed by atoms with Crippen LogP contribution in [-0.4, -0.2) is 22.3 Å². The summed E-state index contributed by atoms with van der Waals surface area (Å²) >= 11 is 1.55. The number of nitrogens with zero attached hydrogens (tertiary/aromatic N) is 2. The van der Waals surface area contributed by atoms with Gasteiger partial charge in [-0.2, -0.15) is 0 Å². The van der Waals surface area contributed by atoms with Gasteiger partial charge in [-0.15, -0.1) is 11.3 Å². The molecule has 1 saturated heterocycles. The highest BCUT2D eigenvalue weighted by Gasteiger charge is 2.30. The zero-order valence-corrected chi connectivity index (χ0v) is 14.1. The molecule has 2 aromatic rings. The van der Waals surface area contributed by atoms with Gasteiger partial charge in [0.15, 0.2) is 0 Å². The molecule has 122 valence electrons. The average Bonchev–Trinajstić information content (AvgIpc) is 3.03. The van der Waals surface area contributed by atoms with Crippen LogP contribution in [0.3, 0.4) is 0 Å². The molecular formula is C18H21FN2OS. The Balaban J connectivity index is 1.84. The van der Waals surface area contributed by atoms with Crippen molar-refractivity contribution in [1.82, 2.24) is 9.88 Å². The number of likely N-dealkylation sites (tertiary alicyclic amines) is 1. The van der Waals surface area contributed by atoms with Crippen molar-refractivity contribution in [1.29, 1.82) is 0 Å². The molecule has 1 aliphatic rings. The second-order valence-electron chi connectivity index (χ2n) is 5.94. The predicted molar refractivity (Wildman–Crippen MR) is 90.1 cm³/mol. The zero-order chi connectivity index (χ0) is 16.2. The topological polar surface area (TPSA) is 33.2 Å². The minimum atomic E-state index is -0.251. The maximum Gasteiger partial charge on any atom is 0.273 e. The normalized spacial score (nSPS) is 18.2. The fraction of sp³-hybridized carbons (Fsp3) is 0.444. The molecule has 3 rings (SSSR count). The Kier molecular flexibility index (Phi) is 5.06. The Morgan fingerprint density at radius 1 is 1.43 bits per heavy atom. The van der Waals surface area contributed by atoms with Crippen molar-refractivity contribution >= 4 is 17.2 Å². The second-order valence-corrected chi connectivity index (χ2v) is 6.88. The number of hydrogen-bond donors (Lipinski definition) is 0. The molecule has 1 aliphatic heterocycles. The number of carbonyl (C=O) groups is 1. The van der Waals surface area contributed by atoms with Crippen LogP contribution in [0.15, 0.2) is 29.6 Å². The Bertz CT molecular complexity index is 685. The van der Waals surface area contributed by atoms with E-state index in [-0.39, 0.29) is 17.8 Å². The van der Waals surface area contributed by atoms with Crippen molar-refractivity contribution < 1.29 is 9.18 Å². The summed E-state index contributed by atoms with van der Waals surface area (Å²) in [4.78, 5) is 19.2. The third-order valence-electron chi connectivity index (χ3n) is 4.23. The summed E-state index contributed by atoms with van der Waals surface area (Å²) in [6, 6.07) is 6.55. The lowest BCUT2D eigenvalue weighted by Gasteiger charge is -2.35. The maximum atomic E-state index is 13.5. The first-order chi connectivity index (χ1) is 11.2. The summed E-state index contributed by atoms with van der Waals surface area (Å²) in [7, 11) is 0. The van der Waals surface area contributed by atoms with Crippen molar-refractivity contribution in [3.8, 4) is 0 Å². The molecule has 0 unspecified atom stereocenters. The van der Waals surface area contributed by atoms with E-state index in [0.717, 1.165) is 42.7 Å². The molecular weight excluding hydrogens is 311 g/mol. The number of aromatic nitrogens is 1. The lowest BCUT2D eigenvalue weighted by molar-refractivity contribution is 0.0605. The minimum absolute atomic E-state index is 0.0300. The largest absolute Gasteiger partial charge is 0.330 e. The van der Waals surface area contributed by atoms with E-state index < -0.39 is 0 Å².